The zero-order chi connectivity index (χ0) is 13.7. The molecular weight excluding hydrogens is 276 g/mol. The van der Waals surface area contributed by atoms with E-state index < -0.39 is 0 Å². The minimum absolute atomic E-state index is 0.0279. The second-order valence-electron chi connectivity index (χ2n) is 4.71. The number of nitrogens with one attached hydrogen (secondary N) is 3. The molecule has 0 spiro atoms. The van der Waals surface area contributed by atoms with Gasteiger partial charge in [-0.15, -0.1) is 11.3 Å². The molecule has 3 aromatic heterocycles. The van der Waals surface area contributed by atoms with Crippen molar-refractivity contribution in [3.63, 3.8) is 0 Å². The molecule has 20 heavy (non-hydrogen) atoms. The highest BCUT2D eigenvalue weighted by Gasteiger charge is 2.25. The summed E-state index contributed by atoms with van der Waals surface area (Å²) < 4.78 is 0. The van der Waals surface area contributed by atoms with Crippen LogP contribution in [0.2, 0.25) is 0 Å². The summed E-state index contributed by atoms with van der Waals surface area (Å²) in [6, 6.07) is 2.07. The first-order valence-corrected chi connectivity index (χ1v) is 7.15. The Balaban J connectivity index is 1.88. The summed E-state index contributed by atoms with van der Waals surface area (Å²) in [6.45, 7) is 0.890. The van der Waals surface area contributed by atoms with Crippen molar-refractivity contribution in [3.05, 3.63) is 38.1 Å². The van der Waals surface area contributed by atoms with Crippen molar-refractivity contribution < 1.29 is 0 Å². The van der Waals surface area contributed by atoms with Gasteiger partial charge in [-0.3, -0.25) is 9.78 Å². The molecular formula is C12H12N6OS. The smallest absolute Gasteiger partial charge is 0.278 e. The minimum Gasteiger partial charge on any atom is -0.369 e. The molecule has 0 amide bonds. The molecule has 0 bridgehead atoms. The van der Waals surface area contributed by atoms with Gasteiger partial charge >= 0.3 is 0 Å². The van der Waals surface area contributed by atoms with Crippen LogP contribution in [0.25, 0.3) is 11.2 Å². The van der Waals surface area contributed by atoms with Crippen LogP contribution < -0.4 is 16.6 Å². The van der Waals surface area contributed by atoms with Gasteiger partial charge in [0, 0.05) is 11.4 Å². The van der Waals surface area contributed by atoms with Gasteiger partial charge in [-0.1, -0.05) is 0 Å². The van der Waals surface area contributed by atoms with Crippen LogP contribution in [0.4, 0.5) is 5.95 Å². The number of nitrogens with two attached hydrogens (primary N) is 1. The third kappa shape index (κ3) is 1.65. The Kier molecular flexibility index (Phi) is 2.41. The lowest BCUT2D eigenvalue weighted by molar-refractivity contribution is 0.555. The Morgan fingerprint density at radius 3 is 3.15 bits per heavy atom. The van der Waals surface area contributed by atoms with Crippen molar-refractivity contribution in [3.8, 4) is 0 Å². The predicted molar refractivity (Wildman–Crippen MR) is 76.8 cm³/mol. The number of hydrogen-bond acceptors (Lipinski definition) is 6. The number of anilines is 1. The van der Waals surface area contributed by atoms with E-state index in [2.05, 4.69) is 36.7 Å². The van der Waals surface area contributed by atoms with E-state index in [0.717, 1.165) is 13.0 Å². The SMILES string of the molecule is Nc1nc2nc(C3NCCc4sccc43)[nH]c2c(=O)[nH]1. The van der Waals surface area contributed by atoms with E-state index in [1.807, 2.05) is 0 Å². The molecule has 7 nitrogen and oxygen atoms in total. The Morgan fingerprint density at radius 2 is 2.25 bits per heavy atom. The second-order valence-corrected chi connectivity index (χ2v) is 5.71. The molecule has 4 rings (SSSR count). The van der Waals surface area contributed by atoms with E-state index in [1.54, 1.807) is 11.3 Å². The summed E-state index contributed by atoms with van der Waals surface area (Å²) in [5.74, 6) is 0.774. The van der Waals surface area contributed by atoms with E-state index >= 15 is 0 Å². The van der Waals surface area contributed by atoms with E-state index in [9.17, 15) is 4.79 Å². The Bertz CT molecular complexity index is 847. The first-order chi connectivity index (χ1) is 9.72. The predicted octanol–water partition coefficient (Wildman–Crippen LogP) is 0.525. The quantitative estimate of drug-likeness (QED) is 0.521. The van der Waals surface area contributed by atoms with Crippen LogP contribution in [-0.4, -0.2) is 26.5 Å². The molecule has 102 valence electrons. The summed E-state index contributed by atoms with van der Waals surface area (Å²) in [7, 11) is 0. The van der Waals surface area contributed by atoms with E-state index in [-0.39, 0.29) is 17.5 Å². The average molecular weight is 288 g/mol. The molecule has 1 aliphatic rings. The van der Waals surface area contributed by atoms with Crippen molar-refractivity contribution in [1.29, 1.82) is 0 Å². The fourth-order valence-corrected chi connectivity index (χ4v) is 3.49. The number of nitrogens with zero attached hydrogens (tertiary/aromatic N) is 2. The normalized spacial score (nSPS) is 18.3. The molecule has 4 heterocycles. The largest absolute Gasteiger partial charge is 0.369 e. The van der Waals surface area contributed by atoms with Crippen molar-refractivity contribution in [1.82, 2.24) is 25.3 Å². The fraction of sp³-hybridized carbons (Fsp3) is 0.250. The molecule has 3 aromatic rings. The summed E-state index contributed by atoms with van der Waals surface area (Å²) >= 11 is 1.75. The third-order valence-corrected chi connectivity index (χ3v) is 4.46. The number of rotatable bonds is 1. The zero-order valence-corrected chi connectivity index (χ0v) is 11.3. The molecule has 8 heteroatoms. The molecule has 0 saturated carbocycles. The average Bonchev–Trinajstić information content (AvgIpc) is 3.03. The van der Waals surface area contributed by atoms with Crippen LogP contribution in [0.3, 0.4) is 0 Å². The number of hydrogen-bond donors (Lipinski definition) is 4. The fourth-order valence-electron chi connectivity index (χ4n) is 2.57. The van der Waals surface area contributed by atoms with Gasteiger partial charge in [-0.25, -0.2) is 4.98 Å². The van der Waals surface area contributed by atoms with E-state index in [4.69, 9.17) is 5.73 Å². The lowest BCUT2D eigenvalue weighted by Crippen LogP contribution is -2.30. The number of aromatic amines is 2. The molecule has 1 unspecified atom stereocenters. The highest BCUT2D eigenvalue weighted by Crippen LogP contribution is 2.31. The summed E-state index contributed by atoms with van der Waals surface area (Å²) in [6.07, 6.45) is 1.02. The van der Waals surface area contributed by atoms with Crippen LogP contribution in [0.5, 0.6) is 0 Å². The van der Waals surface area contributed by atoms with E-state index in [1.165, 1.54) is 10.4 Å². The van der Waals surface area contributed by atoms with Gasteiger partial charge in [0.05, 0.1) is 6.04 Å². The molecule has 5 N–H and O–H groups in total. The van der Waals surface area contributed by atoms with Gasteiger partial charge < -0.3 is 16.0 Å². The van der Waals surface area contributed by atoms with Crippen molar-refractivity contribution in [2.45, 2.75) is 12.5 Å². The standard InChI is InChI=1S/C12H12N6OS/c13-12-17-10-8(11(19)18-12)15-9(16-10)7-5-2-4-20-6(5)1-3-14-7/h2,4,7,14H,1,3H2,(H4,13,15,16,17,18,19). The van der Waals surface area contributed by atoms with Gasteiger partial charge in [0.1, 0.15) is 5.82 Å². The maximum Gasteiger partial charge on any atom is 0.278 e. The van der Waals surface area contributed by atoms with Crippen LogP contribution in [0.1, 0.15) is 22.3 Å². The van der Waals surface area contributed by atoms with Crippen molar-refractivity contribution in [2.24, 2.45) is 0 Å². The number of imidazole rings is 1. The molecule has 0 fully saturated rings. The molecule has 0 aromatic carbocycles. The number of fused-ring (bicyclic) bond motifs is 2. The van der Waals surface area contributed by atoms with Crippen LogP contribution in [0.15, 0.2) is 16.2 Å². The number of aromatic nitrogens is 4. The van der Waals surface area contributed by atoms with Crippen LogP contribution in [0, 0.1) is 0 Å². The van der Waals surface area contributed by atoms with Gasteiger partial charge in [-0.05, 0) is 23.4 Å². The summed E-state index contributed by atoms with van der Waals surface area (Å²) in [5, 5.41) is 5.49. The van der Waals surface area contributed by atoms with Crippen molar-refractivity contribution >= 4 is 28.4 Å². The minimum atomic E-state index is -0.299. The summed E-state index contributed by atoms with van der Waals surface area (Å²) in [5.41, 5.74) is 7.16. The summed E-state index contributed by atoms with van der Waals surface area (Å²) in [4.78, 5) is 27.2. The highest BCUT2D eigenvalue weighted by atomic mass is 32.1. The van der Waals surface area contributed by atoms with Gasteiger partial charge in [0.25, 0.3) is 5.56 Å². The molecule has 0 saturated heterocycles. The topological polar surface area (TPSA) is 112 Å². The lowest BCUT2D eigenvalue weighted by atomic mass is 10.0. The number of thiophene rings is 1. The maximum atomic E-state index is 11.8. The van der Waals surface area contributed by atoms with Gasteiger partial charge in [-0.2, -0.15) is 4.98 Å². The van der Waals surface area contributed by atoms with Crippen LogP contribution >= 0.6 is 11.3 Å². The first-order valence-electron chi connectivity index (χ1n) is 6.27. The Hall–Kier alpha value is -2.19. The number of H-pyrrole nitrogens is 2. The molecule has 0 radical (unpaired) electrons. The Labute approximate surface area is 117 Å². The van der Waals surface area contributed by atoms with Crippen molar-refractivity contribution in [2.75, 3.05) is 12.3 Å². The highest BCUT2D eigenvalue weighted by molar-refractivity contribution is 7.10. The monoisotopic (exact) mass is 288 g/mol. The molecule has 1 aliphatic heterocycles. The Morgan fingerprint density at radius 1 is 1.35 bits per heavy atom. The van der Waals surface area contributed by atoms with E-state index in [0.29, 0.717) is 17.0 Å². The van der Waals surface area contributed by atoms with Crippen LogP contribution in [-0.2, 0) is 6.42 Å². The third-order valence-electron chi connectivity index (χ3n) is 3.46. The van der Waals surface area contributed by atoms with Gasteiger partial charge in [0.15, 0.2) is 11.2 Å². The first kappa shape index (κ1) is 11.6. The maximum absolute atomic E-state index is 11.8. The molecule has 0 aliphatic carbocycles. The number of nitrogen functional groups attached to an aromatic ring is 1. The second kappa shape index (κ2) is 4.15. The molecule has 1 atom stereocenters. The lowest BCUT2D eigenvalue weighted by Gasteiger charge is -2.22. The van der Waals surface area contributed by atoms with Gasteiger partial charge in [0.2, 0.25) is 5.95 Å². The zero-order valence-electron chi connectivity index (χ0n) is 10.4.